The van der Waals surface area contributed by atoms with Crippen LogP contribution in [0.3, 0.4) is 0 Å². The molecule has 0 fully saturated rings. The monoisotopic (exact) mass is 459 g/mol. The first-order valence-corrected chi connectivity index (χ1v) is 11.4. The predicted octanol–water partition coefficient (Wildman–Crippen LogP) is 6.09. The molecule has 0 saturated carbocycles. The second-order valence-corrected chi connectivity index (χ2v) is 8.86. The summed E-state index contributed by atoms with van der Waals surface area (Å²) >= 11 is 14.1. The maximum atomic E-state index is 12.1. The van der Waals surface area contributed by atoms with Crippen LogP contribution in [0.25, 0.3) is 5.69 Å². The van der Waals surface area contributed by atoms with Gasteiger partial charge in [-0.3, -0.25) is 4.79 Å². The number of aryl methyl sites for hydroxylation is 2. The van der Waals surface area contributed by atoms with Crippen LogP contribution in [0.15, 0.2) is 53.6 Å². The molecule has 0 radical (unpaired) electrons. The van der Waals surface area contributed by atoms with E-state index in [9.17, 15) is 4.79 Å². The maximum Gasteiger partial charge on any atom is 0.250 e. The van der Waals surface area contributed by atoms with Gasteiger partial charge in [-0.2, -0.15) is 5.10 Å². The SMILES string of the molecule is Cc1ccc(CSCC(=O)NN=Cc2cc(C)n(-c3cc(Cl)ccc3Cl)c2C)cc1. The van der Waals surface area contributed by atoms with Crippen LogP contribution in [0.2, 0.25) is 10.0 Å². The molecule has 4 nitrogen and oxygen atoms in total. The molecule has 0 saturated heterocycles. The van der Waals surface area contributed by atoms with Crippen molar-refractivity contribution in [2.45, 2.75) is 26.5 Å². The third-order valence-electron chi connectivity index (χ3n) is 4.63. The summed E-state index contributed by atoms with van der Waals surface area (Å²) in [7, 11) is 0. The minimum absolute atomic E-state index is 0.130. The molecule has 0 bridgehead atoms. The number of aromatic nitrogens is 1. The minimum atomic E-state index is -0.130. The summed E-state index contributed by atoms with van der Waals surface area (Å²) in [4.78, 5) is 12.1. The van der Waals surface area contributed by atoms with Gasteiger partial charge < -0.3 is 4.57 Å². The molecule has 2 aromatic carbocycles. The van der Waals surface area contributed by atoms with Crippen molar-refractivity contribution in [3.8, 4) is 5.69 Å². The van der Waals surface area contributed by atoms with Crippen LogP contribution in [0.1, 0.15) is 28.1 Å². The Kier molecular flexibility index (Phi) is 7.64. The van der Waals surface area contributed by atoms with Gasteiger partial charge in [0.25, 0.3) is 0 Å². The van der Waals surface area contributed by atoms with Gasteiger partial charge in [-0.15, -0.1) is 11.8 Å². The molecule has 0 atom stereocenters. The fourth-order valence-corrected chi connectivity index (χ4v) is 4.25. The highest BCUT2D eigenvalue weighted by Gasteiger charge is 2.12. The number of rotatable bonds is 7. The van der Waals surface area contributed by atoms with Gasteiger partial charge in [0.05, 0.1) is 22.7 Å². The van der Waals surface area contributed by atoms with E-state index >= 15 is 0 Å². The van der Waals surface area contributed by atoms with E-state index in [2.05, 4.69) is 41.7 Å². The van der Waals surface area contributed by atoms with Gasteiger partial charge in [-0.05, 0) is 50.6 Å². The number of halogens is 2. The van der Waals surface area contributed by atoms with Crippen molar-refractivity contribution < 1.29 is 4.79 Å². The summed E-state index contributed by atoms with van der Waals surface area (Å²) in [5.41, 5.74) is 8.70. The third kappa shape index (κ3) is 5.69. The number of nitrogens with zero attached hydrogens (tertiary/aromatic N) is 2. The number of hydrazone groups is 1. The molecule has 0 aliphatic carbocycles. The first-order valence-electron chi connectivity index (χ1n) is 9.44. The van der Waals surface area contributed by atoms with Crippen LogP contribution in [-0.2, 0) is 10.5 Å². The van der Waals surface area contributed by atoms with Gasteiger partial charge in [0.15, 0.2) is 0 Å². The highest BCUT2D eigenvalue weighted by atomic mass is 35.5. The largest absolute Gasteiger partial charge is 0.316 e. The number of nitrogens with one attached hydrogen (secondary N) is 1. The zero-order chi connectivity index (χ0) is 21.7. The topological polar surface area (TPSA) is 46.4 Å². The lowest BCUT2D eigenvalue weighted by Crippen LogP contribution is -2.19. The van der Waals surface area contributed by atoms with E-state index in [1.807, 2.05) is 30.5 Å². The lowest BCUT2D eigenvalue weighted by molar-refractivity contribution is -0.118. The van der Waals surface area contributed by atoms with Crippen molar-refractivity contribution in [2.24, 2.45) is 5.10 Å². The maximum absolute atomic E-state index is 12.1. The molecule has 1 amide bonds. The Morgan fingerprint density at radius 2 is 1.83 bits per heavy atom. The molecule has 7 heteroatoms. The zero-order valence-electron chi connectivity index (χ0n) is 17.1. The Bertz CT molecular complexity index is 1070. The second kappa shape index (κ2) is 10.2. The van der Waals surface area contributed by atoms with Crippen LogP contribution in [0.5, 0.6) is 0 Å². The van der Waals surface area contributed by atoms with Gasteiger partial charge in [0, 0.05) is 27.7 Å². The Morgan fingerprint density at radius 3 is 2.57 bits per heavy atom. The van der Waals surface area contributed by atoms with Gasteiger partial charge in [0.2, 0.25) is 5.91 Å². The summed E-state index contributed by atoms with van der Waals surface area (Å²) < 4.78 is 2.02. The van der Waals surface area contributed by atoms with E-state index in [-0.39, 0.29) is 5.91 Å². The minimum Gasteiger partial charge on any atom is -0.316 e. The van der Waals surface area contributed by atoms with E-state index < -0.39 is 0 Å². The van der Waals surface area contributed by atoms with E-state index in [4.69, 9.17) is 23.2 Å². The number of carbonyl (C=O) groups is 1. The first kappa shape index (κ1) is 22.5. The van der Waals surface area contributed by atoms with Crippen LogP contribution in [0.4, 0.5) is 0 Å². The van der Waals surface area contributed by atoms with Gasteiger partial charge >= 0.3 is 0 Å². The number of carbonyl (C=O) groups excluding carboxylic acids is 1. The fourth-order valence-electron chi connectivity index (χ4n) is 3.10. The highest BCUT2D eigenvalue weighted by molar-refractivity contribution is 7.99. The van der Waals surface area contributed by atoms with Crippen molar-refractivity contribution in [1.82, 2.24) is 9.99 Å². The van der Waals surface area contributed by atoms with Crippen LogP contribution < -0.4 is 5.43 Å². The quantitative estimate of drug-likeness (QED) is 0.343. The van der Waals surface area contributed by atoms with Crippen molar-refractivity contribution >= 4 is 47.1 Å². The van der Waals surface area contributed by atoms with Crippen molar-refractivity contribution in [3.05, 3.63) is 86.7 Å². The number of thioether (sulfide) groups is 1. The molecule has 1 aromatic heterocycles. The van der Waals surface area contributed by atoms with Gasteiger partial charge in [0.1, 0.15) is 0 Å². The first-order chi connectivity index (χ1) is 14.3. The second-order valence-electron chi connectivity index (χ2n) is 7.03. The third-order valence-corrected chi connectivity index (χ3v) is 6.19. The van der Waals surface area contributed by atoms with Crippen molar-refractivity contribution in [3.63, 3.8) is 0 Å². The molecule has 1 heterocycles. The van der Waals surface area contributed by atoms with E-state index in [0.717, 1.165) is 28.4 Å². The van der Waals surface area contributed by atoms with Crippen LogP contribution in [0, 0.1) is 20.8 Å². The molecule has 30 heavy (non-hydrogen) atoms. The van der Waals surface area contributed by atoms with Crippen LogP contribution in [-0.4, -0.2) is 22.4 Å². The molecule has 3 rings (SSSR count). The molecule has 0 unspecified atom stereocenters. The molecule has 1 N–H and O–H groups in total. The van der Waals surface area contributed by atoms with Gasteiger partial charge in [-0.25, -0.2) is 5.43 Å². The standard InChI is InChI=1S/C23H23Cl2N3OS/c1-15-4-6-18(7-5-15)13-30-14-23(29)27-26-12-19-10-16(2)28(17(19)3)22-11-20(24)8-9-21(22)25/h4-12H,13-14H2,1-3H3,(H,27,29). The lowest BCUT2D eigenvalue weighted by Gasteiger charge is -2.12. The summed E-state index contributed by atoms with van der Waals surface area (Å²) in [6.45, 7) is 6.02. The average molecular weight is 460 g/mol. The molecule has 0 aliphatic rings. The molecule has 3 aromatic rings. The van der Waals surface area contributed by atoms with Crippen molar-refractivity contribution in [1.29, 1.82) is 0 Å². The number of benzene rings is 2. The molecular formula is C23H23Cl2N3OS. The fraction of sp³-hybridized carbons (Fsp3) is 0.217. The zero-order valence-corrected chi connectivity index (χ0v) is 19.4. The van der Waals surface area contributed by atoms with E-state index in [0.29, 0.717) is 15.8 Å². The Balaban J connectivity index is 1.59. The Hall–Kier alpha value is -2.21. The number of hydrogen-bond donors (Lipinski definition) is 1. The predicted molar refractivity (Wildman–Crippen MR) is 128 cm³/mol. The molecule has 156 valence electrons. The smallest absolute Gasteiger partial charge is 0.250 e. The molecule has 0 aliphatic heterocycles. The highest BCUT2D eigenvalue weighted by Crippen LogP contribution is 2.28. The number of amides is 1. The Labute approximate surface area is 191 Å². The number of hydrogen-bond acceptors (Lipinski definition) is 3. The molecule has 0 spiro atoms. The summed E-state index contributed by atoms with van der Waals surface area (Å²) in [6.07, 6.45) is 1.65. The summed E-state index contributed by atoms with van der Waals surface area (Å²) in [6, 6.07) is 15.7. The lowest BCUT2D eigenvalue weighted by atomic mass is 10.2. The normalized spacial score (nSPS) is 11.2. The average Bonchev–Trinajstić information content (AvgIpc) is 2.99. The Morgan fingerprint density at radius 1 is 1.10 bits per heavy atom. The van der Waals surface area contributed by atoms with E-state index in [1.165, 1.54) is 11.1 Å². The van der Waals surface area contributed by atoms with E-state index in [1.54, 1.807) is 30.1 Å². The van der Waals surface area contributed by atoms with Crippen molar-refractivity contribution in [2.75, 3.05) is 5.75 Å². The summed E-state index contributed by atoms with van der Waals surface area (Å²) in [5.74, 6) is 1.01. The molecular weight excluding hydrogens is 437 g/mol. The summed E-state index contributed by atoms with van der Waals surface area (Å²) in [5, 5.41) is 5.35. The van der Waals surface area contributed by atoms with Gasteiger partial charge in [-0.1, -0.05) is 53.0 Å². The van der Waals surface area contributed by atoms with Crippen LogP contribution >= 0.6 is 35.0 Å².